The summed E-state index contributed by atoms with van der Waals surface area (Å²) in [5.74, 6) is -0.821. The number of nitrogens with two attached hydrogens (primary N) is 1. The maximum absolute atomic E-state index is 13.3. The second-order valence-corrected chi connectivity index (χ2v) is 4.85. The van der Waals surface area contributed by atoms with Gasteiger partial charge < -0.3 is 11.1 Å². The zero-order valence-electron chi connectivity index (χ0n) is 11.3. The number of nitrogen functional groups attached to an aromatic ring is 1. The molecule has 0 fully saturated rings. The van der Waals surface area contributed by atoms with E-state index in [1.807, 2.05) is 0 Å². The van der Waals surface area contributed by atoms with E-state index in [1.165, 1.54) is 12.1 Å². The highest BCUT2D eigenvalue weighted by molar-refractivity contribution is 6.11. The molecule has 2 aromatic carbocycles. The predicted octanol–water partition coefficient (Wildman–Crippen LogP) is 2.84. The van der Waals surface area contributed by atoms with E-state index < -0.39 is 11.7 Å². The molecule has 0 aliphatic rings. The Bertz CT molecular complexity index is 821. The van der Waals surface area contributed by atoms with Crippen LogP contribution in [0.4, 0.5) is 15.8 Å². The second kappa shape index (κ2) is 4.90. The van der Waals surface area contributed by atoms with Crippen LogP contribution in [0.15, 0.2) is 36.4 Å². The number of hydrogen-bond acceptors (Lipinski definition) is 3. The van der Waals surface area contributed by atoms with Gasteiger partial charge in [0.2, 0.25) is 0 Å². The largest absolute Gasteiger partial charge is 0.399 e. The third-order valence-corrected chi connectivity index (χ3v) is 3.10. The second-order valence-electron chi connectivity index (χ2n) is 4.85. The first kappa shape index (κ1) is 13.1. The van der Waals surface area contributed by atoms with Crippen molar-refractivity contribution in [3.05, 3.63) is 53.5 Å². The van der Waals surface area contributed by atoms with Crippen molar-refractivity contribution in [1.82, 2.24) is 10.2 Å². The summed E-state index contributed by atoms with van der Waals surface area (Å²) in [5.41, 5.74) is 8.31. The lowest BCUT2D eigenvalue weighted by atomic mass is 10.1. The van der Waals surface area contributed by atoms with Crippen molar-refractivity contribution in [2.24, 2.45) is 0 Å². The van der Waals surface area contributed by atoms with E-state index in [2.05, 4.69) is 15.5 Å². The summed E-state index contributed by atoms with van der Waals surface area (Å²) < 4.78 is 13.3. The summed E-state index contributed by atoms with van der Waals surface area (Å²) in [7, 11) is 0. The van der Waals surface area contributed by atoms with E-state index in [1.54, 1.807) is 31.2 Å². The minimum absolute atomic E-state index is 0.221. The van der Waals surface area contributed by atoms with E-state index in [0.29, 0.717) is 22.3 Å². The molecule has 0 atom stereocenters. The minimum Gasteiger partial charge on any atom is -0.399 e. The van der Waals surface area contributed by atoms with Crippen LogP contribution in [0.25, 0.3) is 10.9 Å². The van der Waals surface area contributed by atoms with Gasteiger partial charge in [-0.3, -0.25) is 9.89 Å². The van der Waals surface area contributed by atoms with Gasteiger partial charge >= 0.3 is 0 Å². The maximum Gasteiger partial charge on any atom is 0.276 e. The molecular weight excluding hydrogens is 271 g/mol. The van der Waals surface area contributed by atoms with Crippen molar-refractivity contribution in [2.75, 3.05) is 11.1 Å². The van der Waals surface area contributed by atoms with Crippen LogP contribution in [-0.4, -0.2) is 16.1 Å². The van der Waals surface area contributed by atoms with E-state index in [0.717, 1.165) is 5.56 Å². The normalized spacial score (nSPS) is 10.8. The summed E-state index contributed by atoms with van der Waals surface area (Å²) in [6.07, 6.45) is 0. The van der Waals surface area contributed by atoms with Crippen LogP contribution in [0.3, 0.4) is 0 Å². The summed E-state index contributed by atoms with van der Waals surface area (Å²) >= 11 is 0. The number of anilines is 2. The Morgan fingerprint density at radius 1 is 1.29 bits per heavy atom. The molecule has 21 heavy (non-hydrogen) atoms. The number of carbonyl (C=O) groups excluding carboxylic acids is 1. The van der Waals surface area contributed by atoms with E-state index >= 15 is 0 Å². The van der Waals surface area contributed by atoms with Gasteiger partial charge in [-0.15, -0.1) is 0 Å². The highest BCUT2D eigenvalue weighted by Gasteiger charge is 2.15. The number of nitrogens with one attached hydrogen (secondary N) is 2. The van der Waals surface area contributed by atoms with Crippen LogP contribution in [0.5, 0.6) is 0 Å². The minimum atomic E-state index is -0.420. The van der Waals surface area contributed by atoms with Crippen molar-refractivity contribution in [3.63, 3.8) is 0 Å². The van der Waals surface area contributed by atoms with E-state index in [-0.39, 0.29) is 5.69 Å². The average molecular weight is 284 g/mol. The van der Waals surface area contributed by atoms with Gasteiger partial charge in [0.25, 0.3) is 5.91 Å². The summed E-state index contributed by atoms with van der Waals surface area (Å²) in [4.78, 5) is 12.3. The molecule has 6 heteroatoms. The van der Waals surface area contributed by atoms with Gasteiger partial charge in [0.15, 0.2) is 5.69 Å². The maximum atomic E-state index is 13.3. The summed E-state index contributed by atoms with van der Waals surface area (Å²) in [6, 6.07) is 9.47. The van der Waals surface area contributed by atoms with Crippen molar-refractivity contribution in [1.29, 1.82) is 0 Å². The first-order valence-corrected chi connectivity index (χ1v) is 6.35. The van der Waals surface area contributed by atoms with Crippen molar-refractivity contribution in [2.45, 2.75) is 6.92 Å². The van der Waals surface area contributed by atoms with E-state index in [9.17, 15) is 9.18 Å². The number of halogens is 1. The zero-order valence-corrected chi connectivity index (χ0v) is 11.3. The molecule has 0 unspecified atom stereocenters. The molecule has 106 valence electrons. The number of carbonyl (C=O) groups is 1. The third-order valence-electron chi connectivity index (χ3n) is 3.10. The molecule has 3 rings (SSSR count). The molecule has 1 amide bonds. The number of aromatic nitrogens is 2. The number of fused-ring (bicyclic) bond motifs is 1. The molecule has 1 heterocycles. The Morgan fingerprint density at radius 3 is 2.86 bits per heavy atom. The number of hydrogen-bond donors (Lipinski definition) is 3. The fourth-order valence-electron chi connectivity index (χ4n) is 2.20. The molecule has 0 bridgehead atoms. The number of nitrogens with zero attached hydrogens (tertiary/aromatic N) is 1. The molecule has 0 radical (unpaired) electrons. The molecule has 0 aliphatic carbocycles. The van der Waals surface area contributed by atoms with Gasteiger partial charge in [0, 0.05) is 16.8 Å². The SMILES string of the molecule is Cc1cc(F)cc(NC(=O)c2n[nH]c3ccc(N)cc23)c1. The van der Waals surface area contributed by atoms with Gasteiger partial charge in [0.05, 0.1) is 5.52 Å². The summed E-state index contributed by atoms with van der Waals surface area (Å²) in [5, 5.41) is 10.0. The number of aryl methyl sites for hydroxylation is 1. The lowest BCUT2D eigenvalue weighted by molar-refractivity contribution is 0.102. The van der Waals surface area contributed by atoms with Crippen LogP contribution < -0.4 is 11.1 Å². The van der Waals surface area contributed by atoms with Gasteiger partial charge in [0.1, 0.15) is 5.82 Å². The van der Waals surface area contributed by atoms with Gasteiger partial charge in [-0.25, -0.2) is 4.39 Å². The standard InChI is InChI=1S/C15H13FN4O/c1-8-4-9(16)6-11(5-8)18-15(21)14-12-7-10(17)2-3-13(12)19-20-14/h2-7H,17H2,1H3,(H,18,21)(H,19,20). The summed E-state index contributed by atoms with van der Waals surface area (Å²) in [6.45, 7) is 1.75. The molecule has 3 aromatic rings. The molecule has 0 spiro atoms. The number of aromatic amines is 1. The fraction of sp³-hybridized carbons (Fsp3) is 0.0667. The van der Waals surface area contributed by atoms with Crippen molar-refractivity contribution >= 4 is 28.2 Å². The Kier molecular flexibility index (Phi) is 3.06. The molecule has 1 aromatic heterocycles. The molecule has 4 N–H and O–H groups in total. The van der Waals surface area contributed by atoms with Crippen molar-refractivity contribution in [3.8, 4) is 0 Å². The number of amides is 1. The Morgan fingerprint density at radius 2 is 2.10 bits per heavy atom. The topological polar surface area (TPSA) is 83.8 Å². The Balaban J connectivity index is 1.95. The zero-order chi connectivity index (χ0) is 15.0. The molecule has 5 nitrogen and oxygen atoms in total. The molecule has 0 aliphatic heterocycles. The highest BCUT2D eigenvalue weighted by Crippen LogP contribution is 2.20. The smallest absolute Gasteiger partial charge is 0.276 e. The van der Waals surface area contributed by atoms with Crippen LogP contribution in [0.1, 0.15) is 16.1 Å². The first-order valence-electron chi connectivity index (χ1n) is 6.35. The van der Waals surface area contributed by atoms with Crippen LogP contribution >= 0.6 is 0 Å². The number of rotatable bonds is 2. The third kappa shape index (κ3) is 2.55. The number of benzene rings is 2. The Hall–Kier alpha value is -2.89. The first-order chi connectivity index (χ1) is 10.0. The molecule has 0 saturated heterocycles. The van der Waals surface area contributed by atoms with Crippen LogP contribution in [0, 0.1) is 12.7 Å². The fourth-order valence-corrected chi connectivity index (χ4v) is 2.20. The van der Waals surface area contributed by atoms with Crippen LogP contribution in [-0.2, 0) is 0 Å². The van der Waals surface area contributed by atoms with E-state index in [4.69, 9.17) is 5.73 Å². The monoisotopic (exact) mass is 284 g/mol. The predicted molar refractivity (Wildman–Crippen MR) is 79.6 cm³/mol. The average Bonchev–Trinajstić information content (AvgIpc) is 2.80. The lowest BCUT2D eigenvalue weighted by Gasteiger charge is -2.05. The highest BCUT2D eigenvalue weighted by atomic mass is 19.1. The van der Waals surface area contributed by atoms with Gasteiger partial charge in [-0.1, -0.05) is 0 Å². The Labute approximate surface area is 120 Å². The van der Waals surface area contributed by atoms with Crippen LogP contribution in [0.2, 0.25) is 0 Å². The number of H-pyrrole nitrogens is 1. The quantitative estimate of drug-likeness (QED) is 0.633. The lowest BCUT2D eigenvalue weighted by Crippen LogP contribution is -2.13. The molecule has 0 saturated carbocycles. The molecular formula is C15H13FN4O. The van der Waals surface area contributed by atoms with Crippen molar-refractivity contribution < 1.29 is 9.18 Å². The van der Waals surface area contributed by atoms with Gasteiger partial charge in [-0.05, 0) is 48.9 Å². The van der Waals surface area contributed by atoms with Gasteiger partial charge in [-0.2, -0.15) is 5.10 Å².